The molecule has 0 bridgehead atoms. The third kappa shape index (κ3) is 3.43. The van der Waals surface area contributed by atoms with Gasteiger partial charge in [-0.2, -0.15) is 15.0 Å². The van der Waals surface area contributed by atoms with E-state index >= 15 is 0 Å². The Morgan fingerprint density at radius 1 is 1.04 bits per heavy atom. The van der Waals surface area contributed by atoms with Crippen LogP contribution in [-0.4, -0.2) is 26.9 Å². The summed E-state index contributed by atoms with van der Waals surface area (Å²) in [4.78, 5) is 15.0. The minimum Gasteiger partial charge on any atom is -0.457 e. The maximum absolute atomic E-state index is 13.4. The van der Waals surface area contributed by atoms with E-state index in [9.17, 15) is 4.79 Å². The molecule has 0 saturated heterocycles. The molecule has 0 aliphatic carbocycles. The van der Waals surface area contributed by atoms with Gasteiger partial charge in [-0.3, -0.25) is 4.79 Å². The predicted molar refractivity (Wildman–Crippen MR) is 102 cm³/mol. The van der Waals surface area contributed by atoms with Gasteiger partial charge in [0.25, 0.3) is 0 Å². The largest absolute Gasteiger partial charge is 0.457 e. The number of hydrogen-bond donors (Lipinski definition) is 1. The van der Waals surface area contributed by atoms with Gasteiger partial charge in [0, 0.05) is 11.1 Å². The van der Waals surface area contributed by atoms with Crippen LogP contribution in [0.4, 0.5) is 0 Å². The highest BCUT2D eigenvalue weighted by Crippen LogP contribution is 2.43. The lowest BCUT2D eigenvalue weighted by Gasteiger charge is -2.30. The fourth-order valence-corrected chi connectivity index (χ4v) is 3.40. The molecule has 2 aromatic carbocycles. The number of amides is 1. The summed E-state index contributed by atoms with van der Waals surface area (Å²) in [5.74, 6) is 1.25. The van der Waals surface area contributed by atoms with Crippen molar-refractivity contribution in [3.05, 3.63) is 72.1 Å². The average molecular weight is 362 g/mol. The first-order valence-electron chi connectivity index (χ1n) is 9.13. The lowest BCUT2D eigenvalue weighted by Crippen LogP contribution is -2.44. The number of nitrogens with zero attached hydrogens (tertiary/aromatic N) is 3. The molecule has 1 aliphatic heterocycles. The predicted octanol–water partition coefficient (Wildman–Crippen LogP) is 3.36. The van der Waals surface area contributed by atoms with E-state index in [1.807, 2.05) is 48.5 Å². The van der Waals surface area contributed by atoms with Crippen molar-refractivity contribution in [3.8, 4) is 11.5 Å². The molecule has 0 saturated carbocycles. The number of aromatic nitrogens is 3. The first-order chi connectivity index (χ1) is 13.1. The van der Waals surface area contributed by atoms with E-state index in [1.165, 1.54) is 0 Å². The number of hydrogen-bond acceptors (Lipinski definition) is 4. The molecule has 0 fully saturated rings. The molecule has 6 nitrogen and oxygen atoms in total. The summed E-state index contributed by atoms with van der Waals surface area (Å²) in [6.07, 6.45) is 3.29. The van der Waals surface area contributed by atoms with Crippen molar-refractivity contribution in [2.75, 3.05) is 0 Å². The molecule has 2 heterocycles. The molecule has 3 aromatic rings. The smallest absolute Gasteiger partial charge is 0.232 e. The summed E-state index contributed by atoms with van der Waals surface area (Å²) in [6.45, 7) is 4.70. The van der Waals surface area contributed by atoms with E-state index in [4.69, 9.17) is 4.74 Å². The number of fused-ring (bicyclic) bond motifs is 2. The van der Waals surface area contributed by atoms with E-state index in [-0.39, 0.29) is 17.9 Å². The van der Waals surface area contributed by atoms with Crippen LogP contribution in [0.1, 0.15) is 30.9 Å². The van der Waals surface area contributed by atoms with Crippen LogP contribution in [0.5, 0.6) is 11.5 Å². The number of rotatable bonds is 5. The zero-order valence-electron chi connectivity index (χ0n) is 15.4. The van der Waals surface area contributed by atoms with Crippen molar-refractivity contribution >= 4 is 5.91 Å². The fourth-order valence-electron chi connectivity index (χ4n) is 3.40. The summed E-state index contributed by atoms with van der Waals surface area (Å²) in [7, 11) is 0. The first kappa shape index (κ1) is 17.3. The van der Waals surface area contributed by atoms with E-state index in [0.29, 0.717) is 6.54 Å². The van der Waals surface area contributed by atoms with Gasteiger partial charge in [0.1, 0.15) is 11.5 Å². The van der Waals surface area contributed by atoms with Crippen LogP contribution in [0.15, 0.2) is 60.9 Å². The third-order valence-corrected chi connectivity index (χ3v) is 4.90. The van der Waals surface area contributed by atoms with Gasteiger partial charge in [0.15, 0.2) is 0 Å². The Labute approximate surface area is 158 Å². The van der Waals surface area contributed by atoms with Crippen molar-refractivity contribution < 1.29 is 9.53 Å². The van der Waals surface area contributed by atoms with Crippen molar-refractivity contribution in [2.24, 2.45) is 5.92 Å². The van der Waals surface area contributed by atoms with Gasteiger partial charge in [-0.25, -0.2) is 0 Å². The second-order valence-corrected chi connectivity index (χ2v) is 7.05. The molecule has 4 rings (SSSR count). The van der Waals surface area contributed by atoms with Gasteiger partial charge < -0.3 is 10.1 Å². The zero-order chi connectivity index (χ0) is 18.8. The topological polar surface area (TPSA) is 69.0 Å². The molecule has 1 atom stereocenters. The molecular weight excluding hydrogens is 340 g/mol. The Balaban J connectivity index is 1.64. The maximum Gasteiger partial charge on any atom is 0.232 e. The summed E-state index contributed by atoms with van der Waals surface area (Å²) in [5, 5.41) is 11.5. The molecule has 6 heteroatoms. The normalized spacial score (nSPS) is 14.2. The molecular formula is C21H22N4O2. The number of para-hydroxylation sites is 2. The standard InChI is InChI=1S/C21H22N4O2/c1-14(2)17(13-25-22-11-12-23-25)24-21(26)20-15-7-3-5-9-18(15)27-19-10-6-4-8-16(19)20/h3-12,14,17,20H,13H2,1-2H3,(H,24,26). The van der Waals surface area contributed by atoms with Crippen LogP contribution in [0.25, 0.3) is 0 Å². The van der Waals surface area contributed by atoms with Crippen molar-refractivity contribution in [3.63, 3.8) is 0 Å². The molecule has 0 radical (unpaired) electrons. The second kappa shape index (κ2) is 7.23. The first-order valence-corrected chi connectivity index (χ1v) is 9.13. The molecule has 1 unspecified atom stereocenters. The highest BCUT2D eigenvalue weighted by atomic mass is 16.5. The lowest BCUT2D eigenvalue weighted by molar-refractivity contribution is -0.123. The number of carbonyl (C=O) groups excluding carboxylic acids is 1. The molecule has 1 aliphatic rings. The van der Waals surface area contributed by atoms with Crippen LogP contribution < -0.4 is 10.1 Å². The van der Waals surface area contributed by atoms with Crippen LogP contribution in [-0.2, 0) is 11.3 Å². The van der Waals surface area contributed by atoms with Crippen LogP contribution in [0.3, 0.4) is 0 Å². The van der Waals surface area contributed by atoms with Crippen molar-refractivity contribution in [2.45, 2.75) is 32.4 Å². The van der Waals surface area contributed by atoms with Crippen LogP contribution in [0.2, 0.25) is 0 Å². The van der Waals surface area contributed by atoms with Gasteiger partial charge in [0.05, 0.1) is 30.9 Å². The summed E-state index contributed by atoms with van der Waals surface area (Å²) >= 11 is 0. The molecule has 1 aromatic heterocycles. The monoisotopic (exact) mass is 362 g/mol. The third-order valence-electron chi connectivity index (χ3n) is 4.90. The average Bonchev–Trinajstić information content (AvgIpc) is 3.18. The van der Waals surface area contributed by atoms with Gasteiger partial charge in [-0.05, 0) is 18.1 Å². The zero-order valence-corrected chi connectivity index (χ0v) is 15.4. The highest BCUT2D eigenvalue weighted by Gasteiger charge is 2.33. The van der Waals surface area contributed by atoms with Gasteiger partial charge in [-0.1, -0.05) is 50.2 Å². The number of carbonyl (C=O) groups is 1. The van der Waals surface area contributed by atoms with E-state index < -0.39 is 5.92 Å². The SMILES string of the molecule is CC(C)C(Cn1nccn1)NC(=O)C1c2ccccc2Oc2ccccc21. The summed E-state index contributed by atoms with van der Waals surface area (Å²) in [5.41, 5.74) is 1.77. The van der Waals surface area contributed by atoms with E-state index in [0.717, 1.165) is 22.6 Å². The minimum absolute atomic E-state index is 0.0379. The number of ether oxygens (including phenoxy) is 1. The Kier molecular flexibility index (Phi) is 4.62. The minimum atomic E-state index is -0.405. The summed E-state index contributed by atoms with van der Waals surface area (Å²) in [6, 6.07) is 15.3. The Bertz CT molecular complexity index is 891. The Morgan fingerprint density at radius 3 is 2.15 bits per heavy atom. The van der Waals surface area contributed by atoms with E-state index in [1.54, 1.807) is 17.2 Å². The lowest BCUT2D eigenvalue weighted by atomic mass is 9.86. The fraction of sp³-hybridized carbons (Fsp3) is 0.286. The molecule has 0 spiro atoms. The highest BCUT2D eigenvalue weighted by molar-refractivity contribution is 5.89. The van der Waals surface area contributed by atoms with Crippen molar-refractivity contribution in [1.29, 1.82) is 0 Å². The quantitative estimate of drug-likeness (QED) is 0.756. The molecule has 27 heavy (non-hydrogen) atoms. The Morgan fingerprint density at radius 2 is 1.59 bits per heavy atom. The second-order valence-electron chi connectivity index (χ2n) is 7.05. The summed E-state index contributed by atoms with van der Waals surface area (Å²) < 4.78 is 5.99. The van der Waals surface area contributed by atoms with Gasteiger partial charge in [0.2, 0.25) is 5.91 Å². The van der Waals surface area contributed by atoms with Gasteiger partial charge in [-0.15, -0.1) is 0 Å². The number of nitrogens with one attached hydrogen (secondary N) is 1. The van der Waals surface area contributed by atoms with Crippen LogP contribution >= 0.6 is 0 Å². The molecule has 138 valence electrons. The number of benzene rings is 2. The van der Waals surface area contributed by atoms with Crippen LogP contribution in [0, 0.1) is 5.92 Å². The van der Waals surface area contributed by atoms with Crippen molar-refractivity contribution in [1.82, 2.24) is 20.3 Å². The maximum atomic E-state index is 13.4. The van der Waals surface area contributed by atoms with E-state index in [2.05, 4.69) is 29.4 Å². The molecule has 1 N–H and O–H groups in total. The van der Waals surface area contributed by atoms with Gasteiger partial charge >= 0.3 is 0 Å². The molecule has 1 amide bonds. The Hall–Kier alpha value is -3.15.